The topological polar surface area (TPSA) is 79.5 Å². The van der Waals surface area contributed by atoms with Gasteiger partial charge < -0.3 is 15.7 Å². The summed E-state index contributed by atoms with van der Waals surface area (Å²) in [6.45, 7) is 0.869. The van der Waals surface area contributed by atoms with Crippen LogP contribution in [0.15, 0.2) is 12.3 Å². The summed E-state index contributed by atoms with van der Waals surface area (Å²) in [6.07, 6.45) is 1.77. The van der Waals surface area contributed by atoms with E-state index in [1.807, 2.05) is 0 Å². The van der Waals surface area contributed by atoms with Gasteiger partial charge in [0, 0.05) is 30.9 Å². The van der Waals surface area contributed by atoms with Crippen molar-refractivity contribution in [3.63, 3.8) is 0 Å². The zero-order chi connectivity index (χ0) is 12.4. The van der Waals surface area contributed by atoms with E-state index in [2.05, 4.69) is 4.98 Å². The molecule has 0 atom stereocenters. The SMILES string of the molecule is Nc1cc(F)c(C2CCN(C(=O)O)CC2)cn1. The summed E-state index contributed by atoms with van der Waals surface area (Å²) in [5.74, 6) is -0.167. The van der Waals surface area contributed by atoms with Crippen LogP contribution in [0.4, 0.5) is 15.0 Å². The summed E-state index contributed by atoms with van der Waals surface area (Å²) in [5, 5.41) is 8.81. The maximum atomic E-state index is 13.6. The molecule has 0 bridgehead atoms. The van der Waals surface area contributed by atoms with Gasteiger partial charge in [0.25, 0.3) is 0 Å². The summed E-state index contributed by atoms with van der Waals surface area (Å²) in [6, 6.07) is 1.21. The molecule has 0 saturated carbocycles. The third-order valence-electron chi connectivity index (χ3n) is 3.11. The van der Waals surface area contributed by atoms with Gasteiger partial charge in [-0.25, -0.2) is 14.2 Å². The molecule has 0 aromatic carbocycles. The molecule has 1 aliphatic heterocycles. The minimum atomic E-state index is -0.917. The largest absolute Gasteiger partial charge is 0.465 e. The number of nitrogens with zero attached hydrogens (tertiary/aromatic N) is 2. The third-order valence-corrected chi connectivity index (χ3v) is 3.11. The third kappa shape index (κ3) is 2.46. The molecule has 5 nitrogen and oxygen atoms in total. The number of hydrogen-bond acceptors (Lipinski definition) is 3. The van der Waals surface area contributed by atoms with Crippen LogP contribution in [0.5, 0.6) is 0 Å². The summed E-state index contributed by atoms with van der Waals surface area (Å²) in [5.41, 5.74) is 5.91. The van der Waals surface area contributed by atoms with Gasteiger partial charge in [-0.2, -0.15) is 0 Å². The molecule has 17 heavy (non-hydrogen) atoms. The number of pyridine rings is 1. The number of anilines is 1. The van der Waals surface area contributed by atoms with Crippen LogP contribution in [0.1, 0.15) is 24.3 Å². The summed E-state index contributed by atoms with van der Waals surface area (Å²) in [7, 11) is 0. The Labute approximate surface area is 98.1 Å². The Morgan fingerprint density at radius 1 is 1.53 bits per heavy atom. The van der Waals surface area contributed by atoms with Gasteiger partial charge in [0.05, 0.1) is 0 Å². The Morgan fingerprint density at radius 3 is 2.71 bits per heavy atom. The maximum absolute atomic E-state index is 13.6. The van der Waals surface area contributed by atoms with E-state index in [0.717, 1.165) is 0 Å². The fourth-order valence-corrected chi connectivity index (χ4v) is 2.14. The number of aromatic nitrogens is 1. The lowest BCUT2D eigenvalue weighted by molar-refractivity contribution is 0.132. The number of carbonyl (C=O) groups is 1. The first-order valence-corrected chi connectivity index (χ1v) is 5.46. The van der Waals surface area contributed by atoms with Gasteiger partial charge in [0.1, 0.15) is 11.6 Å². The molecule has 1 saturated heterocycles. The molecule has 2 heterocycles. The number of hydrogen-bond donors (Lipinski definition) is 2. The van der Waals surface area contributed by atoms with Crippen molar-refractivity contribution >= 4 is 11.9 Å². The molecule has 92 valence electrons. The molecule has 1 amide bonds. The van der Waals surface area contributed by atoms with Gasteiger partial charge in [-0.1, -0.05) is 0 Å². The Hall–Kier alpha value is -1.85. The lowest BCUT2D eigenvalue weighted by atomic mass is 9.90. The second-order valence-corrected chi connectivity index (χ2v) is 4.17. The Balaban J connectivity index is 2.08. The highest BCUT2D eigenvalue weighted by molar-refractivity contribution is 5.65. The number of amides is 1. The van der Waals surface area contributed by atoms with Gasteiger partial charge in [0.2, 0.25) is 0 Å². The van der Waals surface area contributed by atoms with E-state index in [1.54, 1.807) is 0 Å². The van der Waals surface area contributed by atoms with E-state index in [4.69, 9.17) is 10.8 Å². The van der Waals surface area contributed by atoms with Gasteiger partial charge in [-0.05, 0) is 18.8 Å². The molecule has 1 aliphatic rings. The predicted molar refractivity (Wildman–Crippen MR) is 60.2 cm³/mol. The van der Waals surface area contributed by atoms with Crippen LogP contribution >= 0.6 is 0 Å². The quantitative estimate of drug-likeness (QED) is 0.781. The van der Waals surface area contributed by atoms with Crippen LogP contribution in [-0.2, 0) is 0 Å². The Kier molecular flexibility index (Phi) is 3.12. The van der Waals surface area contributed by atoms with Crippen molar-refractivity contribution < 1.29 is 14.3 Å². The number of nitrogen functional groups attached to an aromatic ring is 1. The highest BCUT2D eigenvalue weighted by Crippen LogP contribution is 2.29. The van der Waals surface area contributed by atoms with Crippen molar-refractivity contribution in [3.05, 3.63) is 23.6 Å². The molecular weight excluding hydrogens is 225 g/mol. The zero-order valence-corrected chi connectivity index (χ0v) is 9.27. The minimum absolute atomic E-state index is 0.0266. The highest BCUT2D eigenvalue weighted by atomic mass is 19.1. The summed E-state index contributed by atoms with van der Waals surface area (Å²) < 4.78 is 13.6. The molecule has 2 rings (SSSR count). The first-order valence-electron chi connectivity index (χ1n) is 5.46. The lowest BCUT2D eigenvalue weighted by Crippen LogP contribution is -2.37. The lowest BCUT2D eigenvalue weighted by Gasteiger charge is -2.30. The van der Waals surface area contributed by atoms with E-state index in [0.29, 0.717) is 31.5 Å². The smallest absolute Gasteiger partial charge is 0.407 e. The molecule has 1 fully saturated rings. The van der Waals surface area contributed by atoms with E-state index in [1.165, 1.54) is 17.2 Å². The molecule has 0 radical (unpaired) electrons. The zero-order valence-electron chi connectivity index (χ0n) is 9.27. The molecule has 0 unspecified atom stereocenters. The maximum Gasteiger partial charge on any atom is 0.407 e. The molecule has 0 aliphatic carbocycles. The highest BCUT2D eigenvalue weighted by Gasteiger charge is 2.25. The standard InChI is InChI=1S/C11H14FN3O2/c12-9-5-10(13)14-6-8(9)7-1-3-15(4-2-7)11(16)17/h5-7H,1-4H2,(H2,13,14)(H,16,17). The van der Waals surface area contributed by atoms with Crippen molar-refractivity contribution in [1.82, 2.24) is 9.88 Å². The van der Waals surface area contributed by atoms with Crippen LogP contribution in [-0.4, -0.2) is 34.2 Å². The second kappa shape index (κ2) is 4.57. The Bertz CT molecular complexity index is 431. The van der Waals surface area contributed by atoms with E-state index in [9.17, 15) is 9.18 Å². The first kappa shape index (κ1) is 11.6. The normalized spacial score (nSPS) is 17.1. The van der Waals surface area contributed by atoms with Crippen molar-refractivity contribution in [2.75, 3.05) is 18.8 Å². The number of halogens is 1. The average Bonchev–Trinajstić information content (AvgIpc) is 2.29. The number of carboxylic acid groups (broad SMARTS) is 1. The van der Waals surface area contributed by atoms with Gasteiger partial charge in [0.15, 0.2) is 0 Å². The van der Waals surface area contributed by atoms with Crippen molar-refractivity contribution in [1.29, 1.82) is 0 Å². The van der Waals surface area contributed by atoms with Gasteiger partial charge >= 0.3 is 6.09 Å². The number of likely N-dealkylation sites (tertiary alicyclic amines) is 1. The van der Waals surface area contributed by atoms with Crippen molar-refractivity contribution in [2.45, 2.75) is 18.8 Å². The number of nitrogens with two attached hydrogens (primary N) is 1. The number of piperidine rings is 1. The van der Waals surface area contributed by atoms with Crippen LogP contribution in [0, 0.1) is 5.82 Å². The summed E-state index contributed by atoms with van der Waals surface area (Å²) >= 11 is 0. The molecule has 6 heteroatoms. The fourth-order valence-electron chi connectivity index (χ4n) is 2.14. The second-order valence-electron chi connectivity index (χ2n) is 4.17. The van der Waals surface area contributed by atoms with Crippen molar-refractivity contribution in [3.8, 4) is 0 Å². The molecule has 0 spiro atoms. The van der Waals surface area contributed by atoms with Crippen molar-refractivity contribution in [2.24, 2.45) is 0 Å². The van der Waals surface area contributed by atoms with Gasteiger partial charge in [-0.15, -0.1) is 0 Å². The molecule has 3 N–H and O–H groups in total. The van der Waals surface area contributed by atoms with E-state index < -0.39 is 6.09 Å². The van der Waals surface area contributed by atoms with E-state index in [-0.39, 0.29) is 17.6 Å². The fraction of sp³-hybridized carbons (Fsp3) is 0.455. The average molecular weight is 239 g/mol. The molecule has 1 aromatic rings. The van der Waals surface area contributed by atoms with Crippen LogP contribution in [0.3, 0.4) is 0 Å². The molecular formula is C11H14FN3O2. The van der Waals surface area contributed by atoms with Gasteiger partial charge in [-0.3, -0.25) is 0 Å². The summed E-state index contributed by atoms with van der Waals surface area (Å²) in [4.78, 5) is 16.0. The Morgan fingerprint density at radius 2 is 2.18 bits per heavy atom. The molecule has 1 aromatic heterocycles. The van der Waals surface area contributed by atoms with Crippen LogP contribution in [0.2, 0.25) is 0 Å². The van der Waals surface area contributed by atoms with Crippen LogP contribution in [0.25, 0.3) is 0 Å². The monoisotopic (exact) mass is 239 g/mol. The number of rotatable bonds is 1. The minimum Gasteiger partial charge on any atom is -0.465 e. The van der Waals surface area contributed by atoms with Crippen LogP contribution < -0.4 is 5.73 Å². The predicted octanol–water partition coefficient (Wildman–Crippen LogP) is 1.66. The van der Waals surface area contributed by atoms with E-state index >= 15 is 0 Å². The first-order chi connectivity index (χ1) is 8.08.